The van der Waals surface area contributed by atoms with Crippen molar-refractivity contribution in [1.82, 2.24) is 14.5 Å². The van der Waals surface area contributed by atoms with Gasteiger partial charge in [-0.3, -0.25) is 9.55 Å². The Labute approximate surface area is 230 Å². The van der Waals surface area contributed by atoms with E-state index in [1.165, 1.54) is 0 Å². The molecule has 0 amide bonds. The first-order valence-electron chi connectivity index (χ1n) is 13.1. The highest BCUT2D eigenvalue weighted by Crippen LogP contribution is 2.52. The molecule has 4 aromatic carbocycles. The van der Waals surface area contributed by atoms with Gasteiger partial charge in [-0.15, -0.1) is 0 Å². The van der Waals surface area contributed by atoms with Gasteiger partial charge < -0.3 is 9.30 Å². The standard InChI is InChI=1S/C34H22N3O2P/c38-40(33-16-5-6-19-35-33)31-15-4-2-12-27(31)28-18-17-25(22-32(28)40)39-24-10-7-9-23(21-24)37-30-14-3-1-11-26(30)29-13-8-20-36-34(29)37/h1-22H. The first-order chi connectivity index (χ1) is 19.7. The normalized spacial score (nSPS) is 15.7. The number of aromatic nitrogens is 3. The molecule has 0 radical (unpaired) electrons. The molecule has 1 aliphatic heterocycles. The molecule has 40 heavy (non-hydrogen) atoms. The average Bonchev–Trinajstić information content (AvgIpc) is 3.48. The van der Waals surface area contributed by atoms with Crippen molar-refractivity contribution in [1.29, 1.82) is 0 Å². The van der Waals surface area contributed by atoms with Crippen LogP contribution < -0.4 is 20.8 Å². The van der Waals surface area contributed by atoms with E-state index >= 15 is 0 Å². The maximum Gasteiger partial charge on any atom is 0.189 e. The fraction of sp³-hybridized carbons (Fsp3) is 0. The molecule has 0 fully saturated rings. The van der Waals surface area contributed by atoms with Crippen LogP contribution in [0.1, 0.15) is 0 Å². The predicted molar refractivity (Wildman–Crippen MR) is 161 cm³/mol. The molecular weight excluding hydrogens is 513 g/mol. The van der Waals surface area contributed by atoms with E-state index in [4.69, 9.17) is 9.72 Å². The Bertz CT molecular complexity index is 2080. The Kier molecular flexibility index (Phi) is 5.03. The molecule has 4 heterocycles. The lowest BCUT2D eigenvalue weighted by Crippen LogP contribution is -2.23. The minimum atomic E-state index is -3.14. The molecule has 1 atom stereocenters. The van der Waals surface area contributed by atoms with Gasteiger partial charge in [0.25, 0.3) is 0 Å². The van der Waals surface area contributed by atoms with E-state index in [-0.39, 0.29) is 0 Å². The van der Waals surface area contributed by atoms with Crippen LogP contribution in [0.2, 0.25) is 0 Å². The van der Waals surface area contributed by atoms with Crippen LogP contribution in [0, 0.1) is 0 Å². The van der Waals surface area contributed by atoms with Gasteiger partial charge in [0.1, 0.15) is 22.6 Å². The molecule has 0 N–H and O–H groups in total. The largest absolute Gasteiger partial charge is 0.457 e. The van der Waals surface area contributed by atoms with E-state index in [0.29, 0.717) is 16.9 Å². The highest BCUT2D eigenvalue weighted by molar-refractivity contribution is 7.86. The zero-order chi connectivity index (χ0) is 26.7. The molecule has 0 saturated heterocycles. The highest BCUT2D eigenvalue weighted by atomic mass is 31.2. The molecule has 0 aliphatic carbocycles. The van der Waals surface area contributed by atoms with Gasteiger partial charge in [0.15, 0.2) is 7.14 Å². The molecule has 190 valence electrons. The van der Waals surface area contributed by atoms with Crippen molar-refractivity contribution in [3.8, 4) is 28.3 Å². The van der Waals surface area contributed by atoms with Gasteiger partial charge in [0, 0.05) is 39.8 Å². The van der Waals surface area contributed by atoms with Gasteiger partial charge in [-0.1, -0.05) is 54.6 Å². The summed E-state index contributed by atoms with van der Waals surface area (Å²) < 4.78 is 23.4. The number of nitrogens with zero attached hydrogens (tertiary/aromatic N) is 3. The molecule has 0 bridgehead atoms. The molecule has 1 aliphatic rings. The van der Waals surface area contributed by atoms with Gasteiger partial charge in [-0.2, -0.15) is 0 Å². The summed E-state index contributed by atoms with van der Waals surface area (Å²) in [6.45, 7) is 0. The van der Waals surface area contributed by atoms with Crippen molar-refractivity contribution in [2.45, 2.75) is 0 Å². The summed E-state index contributed by atoms with van der Waals surface area (Å²) in [5.41, 5.74) is 5.46. The Morgan fingerprint density at radius 1 is 0.600 bits per heavy atom. The van der Waals surface area contributed by atoms with Crippen molar-refractivity contribution in [2.75, 3.05) is 0 Å². The molecule has 3 aromatic heterocycles. The minimum absolute atomic E-state index is 0.583. The van der Waals surface area contributed by atoms with Gasteiger partial charge in [0.05, 0.1) is 11.2 Å². The van der Waals surface area contributed by atoms with Gasteiger partial charge in [-0.25, -0.2) is 4.98 Å². The monoisotopic (exact) mass is 535 g/mol. The summed E-state index contributed by atoms with van der Waals surface area (Å²) in [5, 5.41) is 3.84. The third kappa shape index (κ3) is 3.32. The van der Waals surface area contributed by atoms with Crippen LogP contribution in [0.5, 0.6) is 11.5 Å². The van der Waals surface area contributed by atoms with Gasteiger partial charge in [0.2, 0.25) is 0 Å². The van der Waals surface area contributed by atoms with E-state index in [9.17, 15) is 4.57 Å². The molecular formula is C34H22N3O2P. The summed E-state index contributed by atoms with van der Waals surface area (Å²) in [5.74, 6) is 1.31. The Morgan fingerprint density at radius 2 is 1.38 bits per heavy atom. The topological polar surface area (TPSA) is 57.0 Å². The Balaban J connectivity index is 1.23. The number of pyridine rings is 2. The summed E-state index contributed by atoms with van der Waals surface area (Å²) >= 11 is 0. The third-order valence-corrected chi connectivity index (χ3v) is 10.6. The van der Waals surface area contributed by atoms with Crippen molar-refractivity contribution >= 4 is 45.1 Å². The zero-order valence-corrected chi connectivity index (χ0v) is 22.2. The molecule has 6 heteroatoms. The van der Waals surface area contributed by atoms with E-state index in [1.54, 1.807) is 6.20 Å². The van der Waals surface area contributed by atoms with Crippen LogP contribution >= 0.6 is 7.14 Å². The maximum absolute atomic E-state index is 14.8. The summed E-state index contributed by atoms with van der Waals surface area (Å²) in [7, 11) is -3.14. The average molecular weight is 536 g/mol. The van der Waals surface area contributed by atoms with Gasteiger partial charge >= 0.3 is 0 Å². The number of rotatable bonds is 4. The highest BCUT2D eigenvalue weighted by Gasteiger charge is 2.41. The lowest BCUT2D eigenvalue weighted by Gasteiger charge is -2.15. The van der Waals surface area contributed by atoms with Crippen molar-refractivity contribution in [2.24, 2.45) is 0 Å². The number of hydrogen-bond acceptors (Lipinski definition) is 4. The maximum atomic E-state index is 14.8. The minimum Gasteiger partial charge on any atom is -0.457 e. The second-order valence-electron chi connectivity index (χ2n) is 9.82. The second-order valence-corrected chi connectivity index (χ2v) is 12.5. The quantitative estimate of drug-likeness (QED) is 0.228. The van der Waals surface area contributed by atoms with E-state index in [1.807, 2.05) is 97.2 Å². The molecule has 5 nitrogen and oxygen atoms in total. The van der Waals surface area contributed by atoms with Crippen LogP contribution in [-0.4, -0.2) is 14.5 Å². The van der Waals surface area contributed by atoms with Gasteiger partial charge in [-0.05, 0) is 71.8 Å². The fourth-order valence-corrected chi connectivity index (χ4v) is 8.79. The first kappa shape index (κ1) is 22.9. The van der Waals surface area contributed by atoms with Crippen molar-refractivity contribution in [3.63, 3.8) is 0 Å². The van der Waals surface area contributed by atoms with Crippen LogP contribution in [0.3, 0.4) is 0 Å². The zero-order valence-electron chi connectivity index (χ0n) is 21.3. The van der Waals surface area contributed by atoms with E-state index < -0.39 is 7.14 Å². The fourth-order valence-electron chi connectivity index (χ4n) is 5.84. The molecule has 7 aromatic rings. The van der Waals surface area contributed by atoms with Crippen LogP contribution in [-0.2, 0) is 4.57 Å². The number of benzene rings is 4. The van der Waals surface area contributed by atoms with Crippen molar-refractivity contribution in [3.05, 3.63) is 134 Å². The molecule has 0 saturated carbocycles. The van der Waals surface area contributed by atoms with E-state index in [0.717, 1.165) is 49.4 Å². The molecule has 8 rings (SSSR count). The number of hydrogen-bond donors (Lipinski definition) is 0. The predicted octanol–water partition coefficient (Wildman–Crippen LogP) is 6.99. The number of fused-ring (bicyclic) bond motifs is 6. The second kappa shape index (κ2) is 8.77. The SMILES string of the molecule is O=P1(c2ccccn2)c2ccccc2-c2ccc(Oc3cccc(-n4c5ccccc5c5cccnc54)c3)cc21. The lowest BCUT2D eigenvalue weighted by molar-refractivity contribution is 0.483. The number of ether oxygens (including phenoxy) is 1. The summed E-state index contributed by atoms with van der Waals surface area (Å²) in [4.78, 5) is 9.22. The summed E-state index contributed by atoms with van der Waals surface area (Å²) in [6.07, 6.45) is 3.52. The van der Waals surface area contributed by atoms with E-state index in [2.05, 4.69) is 39.9 Å². The van der Waals surface area contributed by atoms with Crippen LogP contribution in [0.4, 0.5) is 0 Å². The lowest BCUT2D eigenvalue weighted by atomic mass is 10.1. The number of para-hydroxylation sites is 1. The molecule has 0 spiro atoms. The van der Waals surface area contributed by atoms with Crippen LogP contribution in [0.25, 0.3) is 38.8 Å². The summed E-state index contributed by atoms with van der Waals surface area (Å²) in [6, 6.07) is 39.7. The molecule has 1 unspecified atom stereocenters. The van der Waals surface area contributed by atoms with Crippen LogP contribution in [0.15, 0.2) is 134 Å². The first-order valence-corrected chi connectivity index (χ1v) is 14.8. The Hall–Kier alpha value is -4.99. The van der Waals surface area contributed by atoms with Crippen molar-refractivity contribution < 1.29 is 9.30 Å². The third-order valence-electron chi connectivity index (χ3n) is 7.56. The Morgan fingerprint density at radius 3 is 2.30 bits per heavy atom. The smallest absolute Gasteiger partial charge is 0.189 e.